The van der Waals surface area contributed by atoms with Crippen molar-refractivity contribution in [2.24, 2.45) is 5.92 Å². The Hall–Kier alpha value is -2.86. The number of carbonyl (C=O) groups excluding carboxylic acids is 2. The summed E-state index contributed by atoms with van der Waals surface area (Å²) in [6.07, 6.45) is 2.39. The fourth-order valence-electron chi connectivity index (χ4n) is 5.32. The number of piperidine rings is 1. The highest BCUT2D eigenvalue weighted by molar-refractivity contribution is 5.93. The van der Waals surface area contributed by atoms with Crippen molar-refractivity contribution < 1.29 is 19.1 Å². The molecule has 1 saturated heterocycles. The van der Waals surface area contributed by atoms with Gasteiger partial charge < -0.3 is 19.7 Å². The number of carbonyl (C=O) groups is 2. The molecule has 2 aromatic carbocycles. The van der Waals surface area contributed by atoms with Crippen LogP contribution in [0.15, 0.2) is 42.5 Å². The zero-order valence-corrected chi connectivity index (χ0v) is 18.6. The second kappa shape index (κ2) is 8.35. The monoisotopic (exact) mass is 422 g/mol. The molecule has 1 aliphatic heterocycles. The van der Waals surface area contributed by atoms with Crippen molar-refractivity contribution >= 4 is 17.6 Å². The number of fused-ring (bicyclic) bond motifs is 4. The summed E-state index contributed by atoms with van der Waals surface area (Å²) < 4.78 is 10.2. The number of ether oxygens (including phenoxy) is 2. The van der Waals surface area contributed by atoms with E-state index in [1.807, 2.05) is 6.07 Å². The van der Waals surface area contributed by atoms with Gasteiger partial charge in [0.15, 0.2) is 0 Å². The van der Waals surface area contributed by atoms with Crippen molar-refractivity contribution in [2.45, 2.75) is 37.6 Å². The maximum atomic E-state index is 13.0. The van der Waals surface area contributed by atoms with E-state index in [0.29, 0.717) is 23.7 Å². The minimum Gasteiger partial charge on any atom is -0.497 e. The van der Waals surface area contributed by atoms with Gasteiger partial charge in [-0.05, 0) is 85.3 Å². The Labute approximate surface area is 183 Å². The molecule has 1 unspecified atom stereocenters. The maximum Gasteiger partial charge on any atom is 0.337 e. The maximum absolute atomic E-state index is 13.0. The summed E-state index contributed by atoms with van der Waals surface area (Å²) in [5, 5.41) is 3.01. The highest BCUT2D eigenvalue weighted by Gasteiger charge is 2.50. The Morgan fingerprint density at radius 3 is 2.58 bits per heavy atom. The zero-order chi connectivity index (χ0) is 22.2. The van der Waals surface area contributed by atoms with Gasteiger partial charge in [-0.25, -0.2) is 4.79 Å². The van der Waals surface area contributed by atoms with Crippen LogP contribution in [0, 0.1) is 5.92 Å². The van der Waals surface area contributed by atoms with Gasteiger partial charge >= 0.3 is 5.97 Å². The van der Waals surface area contributed by atoms with Crippen molar-refractivity contribution in [1.29, 1.82) is 0 Å². The van der Waals surface area contributed by atoms with Crippen LogP contribution in [0.4, 0.5) is 5.69 Å². The van der Waals surface area contributed by atoms with Gasteiger partial charge in [-0.1, -0.05) is 13.0 Å². The molecular weight excluding hydrogens is 392 g/mol. The lowest BCUT2D eigenvalue weighted by Gasteiger charge is -2.54. The van der Waals surface area contributed by atoms with E-state index in [-0.39, 0.29) is 17.2 Å². The molecule has 2 aliphatic rings. The SMILES string of the molecule is COC(=O)c1ccc(NC(=O)C[C@H]2C3Cc4ccc(OC)cc4[C@@]2(C)CCN3C)cc1. The summed E-state index contributed by atoms with van der Waals surface area (Å²) in [7, 11) is 5.21. The molecule has 31 heavy (non-hydrogen) atoms. The van der Waals surface area contributed by atoms with Gasteiger partial charge in [0.1, 0.15) is 5.75 Å². The lowest BCUT2D eigenvalue weighted by Crippen LogP contribution is -2.58. The topological polar surface area (TPSA) is 67.9 Å². The van der Waals surface area contributed by atoms with Crippen LogP contribution in [0.1, 0.15) is 41.3 Å². The number of hydrogen-bond donors (Lipinski definition) is 1. The van der Waals surface area contributed by atoms with Crippen LogP contribution in [0.2, 0.25) is 0 Å². The molecule has 6 nitrogen and oxygen atoms in total. The first kappa shape index (κ1) is 21.4. The zero-order valence-electron chi connectivity index (χ0n) is 18.6. The number of nitrogens with one attached hydrogen (secondary N) is 1. The van der Waals surface area contributed by atoms with Gasteiger partial charge in [0.05, 0.1) is 19.8 Å². The normalized spacial score (nSPS) is 24.8. The predicted molar refractivity (Wildman–Crippen MR) is 120 cm³/mol. The van der Waals surface area contributed by atoms with E-state index in [2.05, 4.69) is 36.3 Å². The van der Waals surface area contributed by atoms with Crippen LogP contribution in [-0.4, -0.2) is 50.6 Å². The molecule has 3 atom stereocenters. The number of likely N-dealkylation sites (tertiary alicyclic amines) is 1. The average Bonchev–Trinajstić information content (AvgIpc) is 2.78. The minimum atomic E-state index is -0.391. The summed E-state index contributed by atoms with van der Waals surface area (Å²) >= 11 is 0. The van der Waals surface area contributed by atoms with E-state index in [9.17, 15) is 9.59 Å². The summed E-state index contributed by atoms with van der Waals surface area (Å²) in [5.74, 6) is 0.679. The molecule has 0 spiro atoms. The summed E-state index contributed by atoms with van der Waals surface area (Å²) in [5.41, 5.74) is 3.73. The van der Waals surface area contributed by atoms with E-state index in [0.717, 1.165) is 25.1 Å². The van der Waals surface area contributed by atoms with E-state index in [1.165, 1.54) is 18.2 Å². The molecule has 6 heteroatoms. The first-order valence-electron chi connectivity index (χ1n) is 10.7. The van der Waals surface area contributed by atoms with Gasteiger partial charge in [-0.2, -0.15) is 0 Å². The fraction of sp³-hybridized carbons (Fsp3) is 0.440. The number of esters is 1. The first-order valence-corrected chi connectivity index (χ1v) is 10.7. The van der Waals surface area contributed by atoms with Crippen LogP contribution >= 0.6 is 0 Å². The Kier molecular flexibility index (Phi) is 5.75. The van der Waals surface area contributed by atoms with Crippen molar-refractivity contribution in [2.75, 3.05) is 33.1 Å². The van der Waals surface area contributed by atoms with Crippen LogP contribution in [0.25, 0.3) is 0 Å². The number of methoxy groups -OCH3 is 2. The van der Waals surface area contributed by atoms with Crippen molar-refractivity contribution in [1.82, 2.24) is 4.90 Å². The molecule has 1 fully saturated rings. The molecule has 1 heterocycles. The summed E-state index contributed by atoms with van der Waals surface area (Å²) in [6.45, 7) is 3.32. The third-order valence-electron chi connectivity index (χ3n) is 7.19. The first-order chi connectivity index (χ1) is 14.9. The molecule has 0 radical (unpaired) electrons. The Balaban J connectivity index is 1.55. The third-order valence-corrected chi connectivity index (χ3v) is 7.19. The molecule has 1 amide bonds. The lowest BCUT2D eigenvalue weighted by molar-refractivity contribution is -0.119. The largest absolute Gasteiger partial charge is 0.497 e. The van der Waals surface area contributed by atoms with Gasteiger partial charge in [-0.3, -0.25) is 4.79 Å². The molecule has 164 valence electrons. The van der Waals surface area contributed by atoms with Gasteiger partial charge in [0.2, 0.25) is 5.91 Å². The van der Waals surface area contributed by atoms with E-state index < -0.39 is 5.97 Å². The smallest absolute Gasteiger partial charge is 0.337 e. The molecule has 0 saturated carbocycles. The van der Waals surface area contributed by atoms with Crippen LogP contribution in [-0.2, 0) is 21.4 Å². The van der Waals surface area contributed by atoms with Gasteiger partial charge in [0, 0.05) is 18.2 Å². The summed E-state index contributed by atoms with van der Waals surface area (Å²) in [4.78, 5) is 27.0. The van der Waals surface area contributed by atoms with Crippen LogP contribution in [0.3, 0.4) is 0 Å². The molecule has 2 bridgehead atoms. The lowest BCUT2D eigenvalue weighted by atomic mass is 9.57. The number of likely N-dealkylation sites (N-methyl/N-ethyl adjacent to an activating group) is 1. The van der Waals surface area contributed by atoms with Crippen molar-refractivity contribution in [3.63, 3.8) is 0 Å². The number of benzene rings is 2. The standard InChI is InChI=1S/C25H30N2O4/c1-25-11-12-27(2)22(13-17-7-10-19(30-3)14-20(17)25)21(25)15-23(28)26-18-8-5-16(6-9-18)24(29)31-4/h5-10,14,21-22H,11-13,15H2,1-4H3,(H,26,28)/t21-,22?,25+/m0/s1. The van der Waals surface area contributed by atoms with Gasteiger partial charge in [-0.15, -0.1) is 0 Å². The molecule has 1 aliphatic carbocycles. The molecule has 4 rings (SSSR count). The number of hydrogen-bond acceptors (Lipinski definition) is 5. The fourth-order valence-corrected chi connectivity index (χ4v) is 5.32. The van der Waals surface area contributed by atoms with Crippen LogP contribution < -0.4 is 10.1 Å². The highest BCUT2D eigenvalue weighted by Crippen LogP contribution is 2.50. The Morgan fingerprint density at radius 1 is 1.16 bits per heavy atom. The molecule has 0 aromatic heterocycles. The predicted octanol–water partition coefficient (Wildman–Crippen LogP) is 3.64. The van der Waals surface area contributed by atoms with Gasteiger partial charge in [0.25, 0.3) is 0 Å². The number of anilines is 1. The average molecular weight is 423 g/mol. The second-order valence-electron chi connectivity index (χ2n) is 8.87. The van der Waals surface area contributed by atoms with Crippen LogP contribution in [0.5, 0.6) is 5.75 Å². The molecule has 1 N–H and O–H groups in total. The molecule has 2 aromatic rings. The Morgan fingerprint density at radius 2 is 1.90 bits per heavy atom. The highest BCUT2D eigenvalue weighted by atomic mass is 16.5. The third kappa shape index (κ3) is 3.92. The van der Waals surface area contributed by atoms with Crippen molar-refractivity contribution in [3.8, 4) is 5.75 Å². The van der Waals surface area contributed by atoms with E-state index >= 15 is 0 Å². The van der Waals surface area contributed by atoms with E-state index in [4.69, 9.17) is 9.47 Å². The van der Waals surface area contributed by atoms with Crippen molar-refractivity contribution in [3.05, 3.63) is 59.2 Å². The summed E-state index contributed by atoms with van der Waals surface area (Å²) in [6, 6.07) is 13.5. The van der Waals surface area contributed by atoms with E-state index in [1.54, 1.807) is 31.4 Å². The Bertz CT molecular complexity index is 988. The number of nitrogens with zero attached hydrogens (tertiary/aromatic N) is 1. The molecular formula is C25H30N2O4. The minimum absolute atomic E-state index is 0.00584. The number of rotatable bonds is 5. The second-order valence-corrected chi connectivity index (χ2v) is 8.87. The quantitative estimate of drug-likeness (QED) is 0.745. The number of amides is 1.